The highest BCUT2D eigenvalue weighted by Gasteiger charge is 2.34. The van der Waals surface area contributed by atoms with Crippen molar-refractivity contribution in [2.24, 2.45) is 0 Å². The van der Waals surface area contributed by atoms with Crippen LogP contribution < -0.4 is 0 Å². The maximum atomic E-state index is 13.5. The zero-order valence-corrected chi connectivity index (χ0v) is 17.5. The van der Waals surface area contributed by atoms with Crippen LogP contribution in [0.2, 0.25) is 0 Å². The van der Waals surface area contributed by atoms with Gasteiger partial charge in [-0.2, -0.15) is 0 Å². The minimum atomic E-state index is 0.0391. The first-order valence-electron chi connectivity index (χ1n) is 9.82. The Morgan fingerprint density at radius 2 is 2.03 bits per heavy atom. The molecular weight excluding hydrogens is 384 g/mol. The number of thiazole rings is 1. The maximum Gasteiger partial charge on any atom is 0.256 e. The van der Waals surface area contributed by atoms with E-state index in [0.29, 0.717) is 5.82 Å². The van der Waals surface area contributed by atoms with Crippen LogP contribution in [0, 0.1) is 20.8 Å². The molecule has 1 aliphatic rings. The van der Waals surface area contributed by atoms with Crippen molar-refractivity contribution in [2.75, 3.05) is 6.54 Å². The third-order valence-corrected chi connectivity index (χ3v) is 6.75. The highest BCUT2D eigenvalue weighted by molar-refractivity contribution is 7.18. The molecule has 7 heteroatoms. The second-order valence-corrected chi connectivity index (χ2v) is 8.65. The number of likely N-dealkylation sites (tertiary alicyclic amines) is 1. The van der Waals surface area contributed by atoms with Gasteiger partial charge in [0.25, 0.3) is 5.91 Å². The number of hydrogen-bond acceptors (Lipinski definition) is 5. The summed E-state index contributed by atoms with van der Waals surface area (Å²) in [5, 5.41) is 5.15. The summed E-state index contributed by atoms with van der Waals surface area (Å²) < 4.78 is 8.38. The molecule has 1 unspecified atom stereocenters. The van der Waals surface area contributed by atoms with E-state index in [1.54, 1.807) is 11.3 Å². The van der Waals surface area contributed by atoms with Crippen molar-refractivity contribution in [2.45, 2.75) is 39.7 Å². The van der Waals surface area contributed by atoms with Crippen molar-refractivity contribution in [3.63, 3.8) is 0 Å². The Labute approximate surface area is 172 Å². The molecule has 1 aromatic carbocycles. The van der Waals surface area contributed by atoms with E-state index in [1.807, 2.05) is 60.6 Å². The van der Waals surface area contributed by atoms with E-state index in [1.165, 1.54) is 4.70 Å². The fraction of sp³-hybridized carbons (Fsp3) is 0.318. The predicted octanol–water partition coefficient (Wildman–Crippen LogP) is 4.98. The minimum Gasteiger partial charge on any atom is -0.360 e. The highest BCUT2D eigenvalue weighted by atomic mass is 32.1. The Morgan fingerprint density at radius 1 is 1.21 bits per heavy atom. The standard InChI is InChI=1S/C22H22N4O2S/c1-13-11-16(15(3)26(13)20-12-14(2)28-24-20)22(27)25-10-6-8-18(25)21-23-17-7-4-5-9-19(17)29-21/h4-5,7,9,11-12,18H,6,8,10H2,1-3H3. The molecule has 4 aromatic rings. The van der Waals surface area contributed by atoms with Crippen LogP contribution in [0.15, 0.2) is 40.9 Å². The van der Waals surface area contributed by atoms with Gasteiger partial charge in [0, 0.05) is 24.0 Å². The average molecular weight is 407 g/mol. The van der Waals surface area contributed by atoms with Gasteiger partial charge in [-0.3, -0.25) is 9.36 Å². The number of amides is 1. The maximum absolute atomic E-state index is 13.5. The van der Waals surface area contributed by atoms with E-state index in [2.05, 4.69) is 11.2 Å². The second kappa shape index (κ2) is 6.84. The summed E-state index contributed by atoms with van der Waals surface area (Å²) in [5.74, 6) is 1.52. The summed E-state index contributed by atoms with van der Waals surface area (Å²) in [7, 11) is 0. The summed E-state index contributed by atoms with van der Waals surface area (Å²) in [5.41, 5.74) is 3.58. The zero-order valence-electron chi connectivity index (χ0n) is 16.7. The Bertz CT molecular complexity index is 1190. The third kappa shape index (κ3) is 2.97. The van der Waals surface area contributed by atoms with Crippen LogP contribution in [0.4, 0.5) is 0 Å². The zero-order chi connectivity index (χ0) is 20.1. The third-order valence-electron chi connectivity index (χ3n) is 5.62. The number of aromatic nitrogens is 3. The van der Waals surface area contributed by atoms with Crippen LogP contribution in [0.25, 0.3) is 16.0 Å². The summed E-state index contributed by atoms with van der Waals surface area (Å²) in [6.45, 7) is 6.57. The van der Waals surface area contributed by atoms with Crippen molar-refractivity contribution in [3.8, 4) is 5.82 Å². The Morgan fingerprint density at radius 3 is 2.79 bits per heavy atom. The van der Waals surface area contributed by atoms with E-state index < -0.39 is 0 Å². The molecule has 6 nitrogen and oxygen atoms in total. The molecule has 5 rings (SSSR count). The van der Waals surface area contributed by atoms with Crippen LogP contribution >= 0.6 is 11.3 Å². The summed E-state index contributed by atoms with van der Waals surface area (Å²) in [6, 6.07) is 12.0. The van der Waals surface area contributed by atoms with E-state index in [4.69, 9.17) is 9.51 Å². The van der Waals surface area contributed by atoms with Crippen LogP contribution in [0.5, 0.6) is 0 Å². The van der Waals surface area contributed by atoms with Gasteiger partial charge in [-0.15, -0.1) is 11.3 Å². The first kappa shape index (κ1) is 18.1. The fourth-order valence-corrected chi connectivity index (χ4v) is 5.36. The number of aryl methyl sites for hydroxylation is 2. The van der Waals surface area contributed by atoms with Crippen LogP contribution in [-0.4, -0.2) is 32.1 Å². The van der Waals surface area contributed by atoms with E-state index in [0.717, 1.165) is 52.6 Å². The lowest BCUT2D eigenvalue weighted by molar-refractivity contribution is 0.0735. The molecule has 0 N–H and O–H groups in total. The van der Waals surface area contributed by atoms with Gasteiger partial charge in [0.15, 0.2) is 5.82 Å². The second-order valence-electron chi connectivity index (χ2n) is 7.59. The molecule has 1 atom stereocenters. The lowest BCUT2D eigenvalue weighted by atomic mass is 10.2. The average Bonchev–Trinajstić information content (AvgIpc) is 3.46. The van der Waals surface area contributed by atoms with Gasteiger partial charge in [0.1, 0.15) is 10.8 Å². The molecule has 1 aliphatic heterocycles. The number of fused-ring (bicyclic) bond motifs is 1. The molecule has 1 saturated heterocycles. The minimum absolute atomic E-state index is 0.0391. The predicted molar refractivity (Wildman–Crippen MR) is 113 cm³/mol. The molecule has 0 saturated carbocycles. The van der Waals surface area contributed by atoms with Crippen LogP contribution in [0.3, 0.4) is 0 Å². The Hall–Kier alpha value is -2.93. The number of rotatable bonds is 3. The highest BCUT2D eigenvalue weighted by Crippen LogP contribution is 2.37. The normalized spacial score (nSPS) is 16.8. The molecule has 0 bridgehead atoms. The molecule has 148 valence electrons. The van der Waals surface area contributed by atoms with Crippen molar-refractivity contribution >= 4 is 27.5 Å². The molecule has 1 amide bonds. The number of carbonyl (C=O) groups is 1. The number of para-hydroxylation sites is 1. The van der Waals surface area contributed by atoms with Crippen LogP contribution in [-0.2, 0) is 0 Å². The van der Waals surface area contributed by atoms with Gasteiger partial charge in [0.05, 0.1) is 21.8 Å². The SMILES string of the molecule is Cc1cc(-n2c(C)cc(C(=O)N3CCCC3c3nc4ccccc4s3)c2C)no1. The first-order chi connectivity index (χ1) is 14.0. The largest absolute Gasteiger partial charge is 0.360 e. The van der Waals surface area contributed by atoms with Gasteiger partial charge >= 0.3 is 0 Å². The molecule has 1 fully saturated rings. The van der Waals surface area contributed by atoms with Crippen molar-refractivity contribution in [1.82, 2.24) is 19.6 Å². The smallest absolute Gasteiger partial charge is 0.256 e. The van der Waals surface area contributed by atoms with Crippen molar-refractivity contribution in [1.29, 1.82) is 0 Å². The fourth-order valence-electron chi connectivity index (χ4n) is 4.24. The lowest BCUT2D eigenvalue weighted by Crippen LogP contribution is -2.30. The topological polar surface area (TPSA) is 64.2 Å². The monoisotopic (exact) mass is 406 g/mol. The molecule has 29 heavy (non-hydrogen) atoms. The van der Waals surface area contributed by atoms with E-state index >= 15 is 0 Å². The molecule has 0 spiro atoms. The van der Waals surface area contributed by atoms with Gasteiger partial charge in [-0.05, 0) is 51.8 Å². The lowest BCUT2D eigenvalue weighted by Gasteiger charge is -2.23. The molecular formula is C22H22N4O2S. The van der Waals surface area contributed by atoms with Gasteiger partial charge < -0.3 is 9.42 Å². The summed E-state index contributed by atoms with van der Waals surface area (Å²) in [6.07, 6.45) is 1.94. The van der Waals surface area contributed by atoms with Crippen molar-refractivity contribution in [3.05, 3.63) is 64.1 Å². The van der Waals surface area contributed by atoms with Crippen molar-refractivity contribution < 1.29 is 9.32 Å². The first-order valence-corrected chi connectivity index (χ1v) is 10.6. The van der Waals surface area contributed by atoms with Crippen LogP contribution in [0.1, 0.15) is 51.4 Å². The van der Waals surface area contributed by atoms with Gasteiger partial charge in [-0.1, -0.05) is 17.3 Å². The molecule has 3 aromatic heterocycles. The van der Waals surface area contributed by atoms with Gasteiger partial charge in [0.2, 0.25) is 0 Å². The molecule has 4 heterocycles. The number of carbonyl (C=O) groups excluding carboxylic acids is 1. The quantitative estimate of drug-likeness (QED) is 0.481. The van der Waals surface area contributed by atoms with E-state index in [9.17, 15) is 4.79 Å². The number of benzene rings is 1. The Kier molecular flexibility index (Phi) is 4.28. The number of hydrogen-bond donors (Lipinski definition) is 0. The summed E-state index contributed by atoms with van der Waals surface area (Å²) in [4.78, 5) is 20.3. The molecule has 0 aliphatic carbocycles. The van der Waals surface area contributed by atoms with E-state index in [-0.39, 0.29) is 11.9 Å². The molecule has 0 radical (unpaired) electrons. The number of nitrogens with zero attached hydrogens (tertiary/aromatic N) is 4. The summed E-state index contributed by atoms with van der Waals surface area (Å²) >= 11 is 1.69. The van der Waals surface area contributed by atoms with Gasteiger partial charge in [-0.25, -0.2) is 4.98 Å². The Balaban J connectivity index is 1.50.